The molecular weight excluding hydrogens is 400 g/mol. The zero-order valence-corrected chi connectivity index (χ0v) is 17.6. The minimum Gasteiger partial charge on any atom is -0.493 e. The third kappa shape index (κ3) is 5.71. The highest BCUT2D eigenvalue weighted by atomic mass is 16.5. The van der Waals surface area contributed by atoms with Crippen LogP contribution in [0.4, 0.5) is 5.82 Å². The molecule has 1 atom stereocenters. The lowest BCUT2D eigenvalue weighted by atomic mass is 9.96. The van der Waals surface area contributed by atoms with Crippen LogP contribution in [0.1, 0.15) is 28.9 Å². The van der Waals surface area contributed by atoms with Gasteiger partial charge in [-0.25, -0.2) is 4.98 Å². The minimum atomic E-state index is -0.610. The van der Waals surface area contributed by atoms with E-state index in [2.05, 4.69) is 10.3 Å². The number of primary amides is 1. The molecule has 3 amide bonds. The van der Waals surface area contributed by atoms with Gasteiger partial charge in [0.05, 0.1) is 13.0 Å². The van der Waals surface area contributed by atoms with Crippen molar-refractivity contribution in [1.82, 2.24) is 9.88 Å². The molecule has 9 nitrogen and oxygen atoms in total. The lowest BCUT2D eigenvalue weighted by Crippen LogP contribution is -2.43. The van der Waals surface area contributed by atoms with Crippen LogP contribution in [-0.4, -0.2) is 54.4 Å². The van der Waals surface area contributed by atoms with E-state index in [1.165, 1.54) is 7.11 Å². The van der Waals surface area contributed by atoms with E-state index >= 15 is 0 Å². The third-order valence-corrected chi connectivity index (χ3v) is 5.00. The maximum absolute atomic E-state index is 13.0. The number of piperidine rings is 1. The Hall–Kier alpha value is -3.62. The molecule has 0 bridgehead atoms. The van der Waals surface area contributed by atoms with E-state index in [1.54, 1.807) is 29.2 Å². The number of ether oxygens (including phenoxy) is 2. The van der Waals surface area contributed by atoms with Gasteiger partial charge in [-0.3, -0.25) is 14.4 Å². The van der Waals surface area contributed by atoms with E-state index in [-0.39, 0.29) is 24.3 Å². The number of nitrogens with two attached hydrogens (primary N) is 1. The molecule has 2 aromatic rings. The molecule has 1 aromatic heterocycles. The Bertz CT molecular complexity index is 978. The zero-order valence-electron chi connectivity index (χ0n) is 17.6. The van der Waals surface area contributed by atoms with E-state index < -0.39 is 5.91 Å². The van der Waals surface area contributed by atoms with Gasteiger partial charge in [0.15, 0.2) is 18.1 Å². The van der Waals surface area contributed by atoms with Crippen LogP contribution < -0.4 is 20.5 Å². The molecule has 9 heteroatoms. The van der Waals surface area contributed by atoms with Gasteiger partial charge in [-0.2, -0.15) is 0 Å². The van der Waals surface area contributed by atoms with E-state index in [1.807, 2.05) is 19.1 Å². The van der Waals surface area contributed by atoms with Crippen LogP contribution in [-0.2, 0) is 9.59 Å². The Morgan fingerprint density at radius 3 is 2.74 bits per heavy atom. The lowest BCUT2D eigenvalue weighted by molar-refractivity contribution is -0.121. The summed E-state index contributed by atoms with van der Waals surface area (Å²) >= 11 is 0. The first-order valence-corrected chi connectivity index (χ1v) is 10.0. The van der Waals surface area contributed by atoms with Crippen LogP contribution in [0, 0.1) is 12.8 Å². The van der Waals surface area contributed by atoms with Crippen molar-refractivity contribution < 1.29 is 23.9 Å². The molecule has 1 aliphatic rings. The molecule has 1 fully saturated rings. The smallest absolute Gasteiger partial charge is 0.255 e. The van der Waals surface area contributed by atoms with Crippen LogP contribution in [0.3, 0.4) is 0 Å². The van der Waals surface area contributed by atoms with Crippen LogP contribution in [0.2, 0.25) is 0 Å². The quantitative estimate of drug-likeness (QED) is 0.695. The largest absolute Gasteiger partial charge is 0.493 e. The number of hydrogen-bond donors (Lipinski definition) is 2. The highest BCUT2D eigenvalue weighted by Gasteiger charge is 2.29. The van der Waals surface area contributed by atoms with E-state index in [0.29, 0.717) is 42.4 Å². The number of rotatable bonds is 7. The number of pyridine rings is 1. The summed E-state index contributed by atoms with van der Waals surface area (Å²) in [6, 6.07) is 10.1. The fourth-order valence-electron chi connectivity index (χ4n) is 3.47. The fraction of sp³-hybridized carbons (Fsp3) is 0.364. The summed E-state index contributed by atoms with van der Waals surface area (Å²) in [5.41, 5.74) is 6.32. The Balaban J connectivity index is 1.67. The second kappa shape index (κ2) is 9.92. The maximum atomic E-state index is 13.0. The average Bonchev–Trinajstić information content (AvgIpc) is 2.77. The molecule has 164 valence electrons. The van der Waals surface area contributed by atoms with Crippen molar-refractivity contribution in [2.75, 3.05) is 32.1 Å². The van der Waals surface area contributed by atoms with E-state index in [4.69, 9.17) is 15.2 Å². The normalized spacial score (nSPS) is 15.8. The number of carbonyl (C=O) groups is 3. The van der Waals surface area contributed by atoms with Crippen LogP contribution in [0.25, 0.3) is 0 Å². The first-order valence-electron chi connectivity index (χ1n) is 10.0. The average molecular weight is 426 g/mol. The molecule has 1 unspecified atom stereocenters. The summed E-state index contributed by atoms with van der Waals surface area (Å²) in [4.78, 5) is 42.6. The van der Waals surface area contributed by atoms with Gasteiger partial charge >= 0.3 is 0 Å². The molecule has 3 N–H and O–H groups in total. The van der Waals surface area contributed by atoms with Gasteiger partial charge in [0.2, 0.25) is 5.91 Å². The van der Waals surface area contributed by atoms with Gasteiger partial charge < -0.3 is 25.4 Å². The monoisotopic (exact) mass is 426 g/mol. The fourth-order valence-corrected chi connectivity index (χ4v) is 3.47. The molecule has 0 saturated carbocycles. The van der Waals surface area contributed by atoms with E-state index in [9.17, 15) is 14.4 Å². The number of methoxy groups -OCH3 is 1. The van der Waals surface area contributed by atoms with Gasteiger partial charge in [0.25, 0.3) is 11.8 Å². The number of hydrogen-bond acceptors (Lipinski definition) is 6. The van der Waals surface area contributed by atoms with Crippen molar-refractivity contribution in [2.45, 2.75) is 19.8 Å². The second-order valence-electron chi connectivity index (χ2n) is 7.36. The number of aromatic nitrogens is 1. The number of nitrogens with one attached hydrogen (secondary N) is 1. The van der Waals surface area contributed by atoms with Gasteiger partial charge in [-0.1, -0.05) is 6.07 Å². The second-order valence-corrected chi connectivity index (χ2v) is 7.36. The Labute approximate surface area is 180 Å². The van der Waals surface area contributed by atoms with Crippen molar-refractivity contribution in [3.8, 4) is 11.5 Å². The van der Waals surface area contributed by atoms with Gasteiger partial charge in [0, 0.05) is 24.3 Å². The summed E-state index contributed by atoms with van der Waals surface area (Å²) in [5, 5.41) is 2.84. The molecule has 1 aliphatic heterocycles. The molecule has 1 saturated heterocycles. The molecule has 2 heterocycles. The van der Waals surface area contributed by atoms with Crippen LogP contribution >= 0.6 is 0 Å². The maximum Gasteiger partial charge on any atom is 0.255 e. The summed E-state index contributed by atoms with van der Waals surface area (Å²) in [7, 11) is 1.45. The van der Waals surface area contributed by atoms with Crippen molar-refractivity contribution in [3.63, 3.8) is 0 Å². The first kappa shape index (κ1) is 22.1. The minimum absolute atomic E-state index is 0.150. The number of likely N-dealkylation sites (tertiary alicyclic amines) is 1. The molecule has 0 spiro atoms. The van der Waals surface area contributed by atoms with Gasteiger partial charge in [-0.15, -0.1) is 0 Å². The van der Waals surface area contributed by atoms with Gasteiger partial charge in [0.1, 0.15) is 5.82 Å². The zero-order chi connectivity index (χ0) is 22.4. The highest BCUT2D eigenvalue weighted by Crippen LogP contribution is 2.29. The summed E-state index contributed by atoms with van der Waals surface area (Å²) in [6.07, 6.45) is 1.42. The highest BCUT2D eigenvalue weighted by molar-refractivity contribution is 5.96. The number of aryl methyl sites for hydroxylation is 1. The summed E-state index contributed by atoms with van der Waals surface area (Å²) < 4.78 is 10.6. The van der Waals surface area contributed by atoms with Gasteiger partial charge in [-0.05, 0) is 50.1 Å². The molecule has 3 rings (SSSR count). The number of anilines is 1. The Morgan fingerprint density at radius 2 is 2.03 bits per heavy atom. The SMILES string of the molecule is COc1cc(C(=O)N2CCCC(C(=O)Nc3cccc(C)n3)C2)ccc1OCC(N)=O. The predicted octanol–water partition coefficient (Wildman–Crippen LogP) is 1.75. The summed E-state index contributed by atoms with van der Waals surface area (Å²) in [6.45, 7) is 2.45. The molecule has 0 aliphatic carbocycles. The Kier molecular flexibility index (Phi) is 7.07. The van der Waals surface area contributed by atoms with Crippen molar-refractivity contribution >= 4 is 23.5 Å². The lowest BCUT2D eigenvalue weighted by Gasteiger charge is -2.32. The van der Waals surface area contributed by atoms with Crippen molar-refractivity contribution in [3.05, 3.63) is 47.7 Å². The summed E-state index contributed by atoms with van der Waals surface area (Å²) in [5.74, 6) is -0.136. The van der Waals surface area contributed by atoms with Crippen LogP contribution in [0.15, 0.2) is 36.4 Å². The number of nitrogens with zero attached hydrogens (tertiary/aromatic N) is 2. The number of amides is 3. The molecule has 31 heavy (non-hydrogen) atoms. The number of carbonyl (C=O) groups excluding carboxylic acids is 3. The Morgan fingerprint density at radius 1 is 1.23 bits per heavy atom. The first-order chi connectivity index (χ1) is 14.9. The molecule has 0 radical (unpaired) electrons. The topological polar surface area (TPSA) is 124 Å². The molecule has 1 aromatic carbocycles. The van der Waals surface area contributed by atoms with Crippen molar-refractivity contribution in [2.24, 2.45) is 11.7 Å². The van der Waals surface area contributed by atoms with E-state index in [0.717, 1.165) is 12.1 Å². The third-order valence-electron chi connectivity index (χ3n) is 5.00. The predicted molar refractivity (Wildman–Crippen MR) is 114 cm³/mol. The number of benzene rings is 1. The standard InChI is InChI=1S/C22H26N4O5/c1-14-5-3-7-20(24-14)25-21(28)16-6-4-10-26(12-16)22(29)15-8-9-17(18(11-15)30-2)31-13-19(23)27/h3,5,7-9,11,16H,4,6,10,12-13H2,1-2H3,(H2,23,27)(H,24,25,28). The molecular formula is C22H26N4O5. The van der Waals surface area contributed by atoms with Crippen molar-refractivity contribution in [1.29, 1.82) is 0 Å². The van der Waals surface area contributed by atoms with Crippen LogP contribution in [0.5, 0.6) is 11.5 Å².